The lowest BCUT2D eigenvalue weighted by Gasteiger charge is -2.30. The summed E-state index contributed by atoms with van der Waals surface area (Å²) in [7, 11) is 0. The molecule has 1 aliphatic rings. The highest BCUT2D eigenvalue weighted by molar-refractivity contribution is 5.97. The minimum Gasteiger partial charge on any atom is -0.480 e. The molecule has 4 rings (SSSR count). The highest BCUT2D eigenvalue weighted by atomic mass is 16.4. The van der Waals surface area contributed by atoms with Crippen molar-refractivity contribution in [3.8, 4) is 0 Å². The number of imidazole rings is 3. The lowest BCUT2D eigenvalue weighted by atomic mass is 10.0. The van der Waals surface area contributed by atoms with Crippen molar-refractivity contribution in [2.45, 2.75) is 94.0 Å². The maximum atomic E-state index is 14.2. The van der Waals surface area contributed by atoms with Crippen LogP contribution in [0.5, 0.6) is 0 Å². The van der Waals surface area contributed by atoms with Crippen LogP contribution < -0.4 is 43.8 Å². The SMILES string of the molecule is N=C(N)NCCC[C@H](NC(=O)[C@H](Cc1c[nH]cn1)NC(=O)[C@H](Cc1c[nH]cn1)NC(=O)[C@@H](N)Cc1c[nH]cn1)C(=O)N1CCC[C@H]1C(=O)N[C@@H](CCC(N)=O)C(=O)O. The van der Waals surface area contributed by atoms with Crippen molar-refractivity contribution >= 4 is 47.4 Å². The van der Waals surface area contributed by atoms with Crippen molar-refractivity contribution < 1.29 is 38.7 Å². The minimum absolute atomic E-state index is 0.000849. The molecule has 58 heavy (non-hydrogen) atoms. The lowest BCUT2D eigenvalue weighted by molar-refractivity contribution is -0.145. The Labute approximate surface area is 331 Å². The summed E-state index contributed by atoms with van der Waals surface area (Å²) in [6, 6.07) is -7.48. The van der Waals surface area contributed by atoms with E-state index in [0.717, 1.165) is 0 Å². The topological polar surface area (TPSA) is 391 Å². The first-order valence-electron chi connectivity index (χ1n) is 18.5. The molecule has 0 spiro atoms. The Morgan fingerprint density at radius 1 is 0.776 bits per heavy atom. The average molecular weight is 811 g/mol. The number of hydrogen-bond acceptors (Lipinski definition) is 12. The van der Waals surface area contributed by atoms with Crippen molar-refractivity contribution in [3.63, 3.8) is 0 Å². The number of guanidine groups is 1. The zero-order valence-corrected chi connectivity index (χ0v) is 31.5. The van der Waals surface area contributed by atoms with E-state index in [1.807, 2.05) is 0 Å². The minimum atomic E-state index is -1.44. The summed E-state index contributed by atoms with van der Waals surface area (Å²) in [6.07, 6.45) is 8.95. The number of primary amides is 1. The van der Waals surface area contributed by atoms with Crippen LogP contribution in [0.2, 0.25) is 0 Å². The standard InChI is InChI=1S/C34H50N16O8/c35-21(9-18-12-39-15-43-18)28(52)48-24(10-19-13-40-16-44-19)30(54)49-25(11-20-14-41-17-45-20)29(53)46-22(3-1-7-42-34(37)38)32(56)50-8-2-4-26(50)31(55)47-23(33(57)58)5-6-27(36)51/h12-17,21-26H,1-11,35H2,(H2,36,51)(H,39,43)(H,40,44)(H,41,45)(H,46,53)(H,47,55)(H,48,52)(H,49,54)(H,57,58)(H4,37,38,42)/t21-,22-,23-,24-,25-,26-/m0/s1. The van der Waals surface area contributed by atoms with Crippen LogP contribution in [0.1, 0.15) is 55.6 Å². The van der Waals surface area contributed by atoms with Gasteiger partial charge in [-0.3, -0.25) is 34.2 Å². The first-order chi connectivity index (χ1) is 27.7. The summed E-state index contributed by atoms with van der Waals surface area (Å²) in [5.41, 5.74) is 18.0. The van der Waals surface area contributed by atoms with E-state index in [9.17, 15) is 38.7 Å². The van der Waals surface area contributed by atoms with Crippen LogP contribution >= 0.6 is 0 Å². The molecule has 3 aromatic rings. The highest BCUT2D eigenvalue weighted by Gasteiger charge is 2.40. The van der Waals surface area contributed by atoms with E-state index in [0.29, 0.717) is 23.5 Å². The molecule has 0 saturated carbocycles. The van der Waals surface area contributed by atoms with Crippen LogP contribution in [0.15, 0.2) is 37.6 Å². The molecule has 16 N–H and O–H groups in total. The van der Waals surface area contributed by atoms with Gasteiger partial charge < -0.3 is 68.7 Å². The van der Waals surface area contributed by atoms with Gasteiger partial charge in [-0.15, -0.1) is 0 Å². The number of carboxylic acid groups (broad SMARTS) is 1. The first-order valence-corrected chi connectivity index (χ1v) is 18.5. The number of H-pyrrole nitrogens is 3. The maximum Gasteiger partial charge on any atom is 0.326 e. The molecular weight excluding hydrogens is 760 g/mol. The summed E-state index contributed by atoms with van der Waals surface area (Å²) in [5, 5.41) is 30.1. The largest absolute Gasteiger partial charge is 0.480 e. The molecule has 6 atom stereocenters. The molecule has 1 aliphatic heterocycles. The molecule has 6 amide bonds. The molecule has 3 aromatic heterocycles. The van der Waals surface area contributed by atoms with E-state index in [2.05, 4.69) is 56.5 Å². The van der Waals surface area contributed by atoms with Crippen molar-refractivity contribution in [1.82, 2.24) is 61.4 Å². The van der Waals surface area contributed by atoms with Crippen molar-refractivity contribution in [2.75, 3.05) is 13.1 Å². The highest BCUT2D eigenvalue weighted by Crippen LogP contribution is 2.20. The summed E-state index contributed by atoms with van der Waals surface area (Å²) in [6.45, 7) is 0.266. The van der Waals surface area contributed by atoms with Gasteiger partial charge in [-0.25, -0.2) is 19.7 Å². The van der Waals surface area contributed by atoms with Gasteiger partial charge in [0.25, 0.3) is 0 Å². The van der Waals surface area contributed by atoms with Crippen molar-refractivity contribution in [3.05, 3.63) is 54.7 Å². The first kappa shape index (κ1) is 43.9. The van der Waals surface area contributed by atoms with E-state index >= 15 is 0 Å². The molecule has 24 nitrogen and oxygen atoms in total. The number of carboxylic acids is 1. The molecular formula is C34H50N16O8. The third-order valence-corrected chi connectivity index (χ3v) is 9.26. The van der Waals surface area contributed by atoms with Gasteiger partial charge in [0.1, 0.15) is 30.2 Å². The monoisotopic (exact) mass is 810 g/mol. The Hall–Kier alpha value is -6.85. The van der Waals surface area contributed by atoms with Crippen LogP contribution in [0, 0.1) is 5.41 Å². The van der Waals surface area contributed by atoms with Gasteiger partial charge >= 0.3 is 5.97 Å². The molecule has 0 unspecified atom stereocenters. The fourth-order valence-corrected chi connectivity index (χ4v) is 6.29. The zero-order valence-electron chi connectivity index (χ0n) is 31.5. The molecule has 0 radical (unpaired) electrons. The van der Waals surface area contributed by atoms with Gasteiger partial charge in [-0.05, 0) is 32.1 Å². The predicted molar refractivity (Wildman–Crippen MR) is 203 cm³/mol. The number of nitrogens with zero attached hydrogens (tertiary/aromatic N) is 4. The number of rotatable bonds is 23. The summed E-state index contributed by atoms with van der Waals surface area (Å²) in [5.74, 6) is -6.10. The van der Waals surface area contributed by atoms with Crippen LogP contribution in [0.4, 0.5) is 0 Å². The van der Waals surface area contributed by atoms with Crippen LogP contribution in [0.25, 0.3) is 0 Å². The number of carbonyl (C=O) groups is 7. The molecule has 1 saturated heterocycles. The quantitative estimate of drug-likeness (QED) is 0.0245. The van der Waals surface area contributed by atoms with E-state index in [1.54, 1.807) is 6.20 Å². The van der Waals surface area contributed by atoms with Gasteiger partial charge in [0, 0.05) is 57.4 Å². The van der Waals surface area contributed by atoms with Crippen molar-refractivity contribution in [2.24, 2.45) is 17.2 Å². The fraction of sp³-hybridized carbons (Fsp3) is 0.500. The third-order valence-electron chi connectivity index (χ3n) is 9.26. The van der Waals surface area contributed by atoms with E-state index < -0.39 is 77.7 Å². The molecule has 0 aliphatic carbocycles. The van der Waals surface area contributed by atoms with E-state index in [4.69, 9.17) is 22.6 Å². The number of likely N-dealkylation sites (tertiary alicyclic amines) is 1. The summed E-state index contributed by atoms with van der Waals surface area (Å²) < 4.78 is 0. The molecule has 4 heterocycles. The number of nitrogens with two attached hydrogens (primary N) is 3. The average Bonchev–Trinajstić information content (AvgIpc) is 4.02. The van der Waals surface area contributed by atoms with Crippen LogP contribution in [-0.2, 0) is 52.8 Å². The van der Waals surface area contributed by atoms with Gasteiger partial charge in [0.05, 0.1) is 42.1 Å². The Kier molecular flexibility index (Phi) is 16.2. The third kappa shape index (κ3) is 13.4. The number of nitrogens with one attached hydrogen (secondary N) is 9. The van der Waals surface area contributed by atoms with Crippen LogP contribution in [-0.4, -0.2) is 137 Å². The molecule has 24 heteroatoms. The fourth-order valence-electron chi connectivity index (χ4n) is 6.29. The molecule has 1 fully saturated rings. The normalized spacial score (nSPS) is 16.2. The van der Waals surface area contributed by atoms with Crippen molar-refractivity contribution in [1.29, 1.82) is 5.41 Å². The Morgan fingerprint density at radius 3 is 1.81 bits per heavy atom. The number of carbonyl (C=O) groups excluding carboxylic acids is 6. The number of amides is 6. The molecule has 0 aromatic carbocycles. The van der Waals surface area contributed by atoms with Gasteiger partial charge in [-0.1, -0.05) is 0 Å². The number of aromatic amines is 3. The number of hydrogen-bond donors (Lipinski definition) is 13. The second kappa shape index (κ2) is 21.5. The second-order valence-corrected chi connectivity index (χ2v) is 13.7. The molecule has 0 bridgehead atoms. The van der Waals surface area contributed by atoms with Gasteiger partial charge in [0.15, 0.2) is 5.96 Å². The smallest absolute Gasteiger partial charge is 0.326 e. The Balaban J connectivity index is 1.54. The maximum absolute atomic E-state index is 14.2. The Bertz CT molecular complexity index is 1850. The lowest BCUT2D eigenvalue weighted by Crippen LogP contribution is -2.60. The number of aromatic nitrogens is 6. The summed E-state index contributed by atoms with van der Waals surface area (Å²) in [4.78, 5) is 114. The second-order valence-electron chi connectivity index (χ2n) is 13.7. The van der Waals surface area contributed by atoms with Gasteiger partial charge in [-0.2, -0.15) is 0 Å². The zero-order chi connectivity index (χ0) is 42.2. The van der Waals surface area contributed by atoms with E-state index in [1.165, 1.54) is 36.3 Å². The Morgan fingerprint density at radius 2 is 1.31 bits per heavy atom. The predicted octanol–water partition coefficient (Wildman–Crippen LogP) is -4.25. The van der Waals surface area contributed by atoms with Gasteiger partial charge in [0.2, 0.25) is 35.4 Å². The summed E-state index contributed by atoms with van der Waals surface area (Å²) >= 11 is 0. The molecule has 314 valence electrons. The van der Waals surface area contributed by atoms with E-state index in [-0.39, 0.29) is 70.4 Å². The van der Waals surface area contributed by atoms with Crippen LogP contribution in [0.3, 0.4) is 0 Å². The number of aliphatic carboxylic acids is 1.